The minimum absolute atomic E-state index is 0.0347. The first-order chi connectivity index (χ1) is 14.1. The molecule has 0 aliphatic carbocycles. The maximum Gasteiger partial charge on any atom is 0.391 e. The molecule has 12 heteroatoms. The largest absolute Gasteiger partial charge is 0.452 e. The number of ether oxygens (including phenoxy) is 1. The molecule has 0 bridgehead atoms. The zero-order valence-corrected chi connectivity index (χ0v) is 16.0. The van der Waals surface area contributed by atoms with Gasteiger partial charge in [0.1, 0.15) is 0 Å². The highest BCUT2D eigenvalue weighted by molar-refractivity contribution is 5.71. The number of halogens is 3. The van der Waals surface area contributed by atoms with Crippen LogP contribution in [-0.2, 0) is 9.53 Å². The molecule has 0 N–H and O–H groups in total. The number of benzene rings is 1. The van der Waals surface area contributed by atoms with Crippen molar-refractivity contribution in [3.63, 3.8) is 0 Å². The molecule has 1 aliphatic heterocycles. The number of alkyl halides is 3. The number of carbonyl (C=O) groups is 1. The SMILES string of the molecule is CC(OC(=O)CN1CCC(C(F)(F)F)CC1)c1nnc(-c2ccc([N+](=O)[O-])cc2)o1. The zero-order valence-electron chi connectivity index (χ0n) is 16.0. The van der Waals surface area contributed by atoms with Gasteiger partial charge in [0.15, 0.2) is 6.10 Å². The van der Waals surface area contributed by atoms with Gasteiger partial charge in [0.2, 0.25) is 5.89 Å². The van der Waals surface area contributed by atoms with Crippen molar-refractivity contribution in [3.05, 3.63) is 40.3 Å². The first kappa shape index (κ1) is 21.7. The van der Waals surface area contributed by atoms with E-state index in [9.17, 15) is 28.1 Å². The summed E-state index contributed by atoms with van der Waals surface area (Å²) < 4.78 is 48.8. The summed E-state index contributed by atoms with van der Waals surface area (Å²) >= 11 is 0. The Balaban J connectivity index is 1.52. The fourth-order valence-corrected chi connectivity index (χ4v) is 3.13. The standard InChI is InChI=1S/C18H19F3N4O5/c1-11(29-15(26)10-24-8-6-13(7-9-24)18(19,20)21)16-22-23-17(30-16)12-2-4-14(5-3-12)25(27)28/h2-5,11,13H,6-10H2,1H3. The van der Waals surface area contributed by atoms with Gasteiger partial charge in [-0.3, -0.25) is 19.8 Å². The summed E-state index contributed by atoms with van der Waals surface area (Å²) in [6.45, 7) is 1.73. The van der Waals surface area contributed by atoms with Crippen LogP contribution in [0, 0.1) is 16.0 Å². The fraction of sp³-hybridized carbons (Fsp3) is 0.500. The number of piperidine rings is 1. The van der Waals surface area contributed by atoms with E-state index in [1.54, 1.807) is 4.90 Å². The molecule has 1 unspecified atom stereocenters. The first-order valence-electron chi connectivity index (χ1n) is 9.20. The van der Waals surface area contributed by atoms with Crippen molar-refractivity contribution in [2.24, 2.45) is 5.92 Å². The minimum atomic E-state index is -4.21. The summed E-state index contributed by atoms with van der Waals surface area (Å²) in [7, 11) is 0. The molecule has 30 heavy (non-hydrogen) atoms. The molecule has 0 radical (unpaired) electrons. The van der Waals surface area contributed by atoms with Gasteiger partial charge in [-0.05, 0) is 45.0 Å². The molecule has 1 saturated heterocycles. The van der Waals surface area contributed by atoms with Gasteiger partial charge in [-0.25, -0.2) is 0 Å². The number of nitro groups is 1. The van der Waals surface area contributed by atoms with Crippen molar-refractivity contribution in [2.75, 3.05) is 19.6 Å². The highest BCUT2D eigenvalue weighted by atomic mass is 19.4. The second-order valence-electron chi connectivity index (χ2n) is 6.97. The number of carbonyl (C=O) groups excluding carboxylic acids is 1. The molecule has 0 amide bonds. The number of esters is 1. The number of nitrogens with zero attached hydrogens (tertiary/aromatic N) is 4. The van der Waals surface area contributed by atoms with Crippen LogP contribution in [0.5, 0.6) is 0 Å². The van der Waals surface area contributed by atoms with Crippen LogP contribution in [-0.4, -0.2) is 51.8 Å². The Morgan fingerprint density at radius 1 is 1.30 bits per heavy atom. The van der Waals surface area contributed by atoms with Crippen LogP contribution in [0.4, 0.5) is 18.9 Å². The fourth-order valence-electron chi connectivity index (χ4n) is 3.13. The molecule has 2 heterocycles. The van der Waals surface area contributed by atoms with Gasteiger partial charge in [-0.1, -0.05) is 0 Å². The van der Waals surface area contributed by atoms with Crippen LogP contribution >= 0.6 is 0 Å². The van der Waals surface area contributed by atoms with E-state index in [-0.39, 0.29) is 49.9 Å². The summed E-state index contributed by atoms with van der Waals surface area (Å²) in [6.07, 6.45) is -5.16. The van der Waals surface area contributed by atoms with E-state index in [0.717, 1.165) is 0 Å². The van der Waals surface area contributed by atoms with Crippen LogP contribution in [0.15, 0.2) is 28.7 Å². The Kier molecular flexibility index (Phi) is 6.34. The van der Waals surface area contributed by atoms with Crippen molar-refractivity contribution in [1.29, 1.82) is 0 Å². The average Bonchev–Trinajstić information content (AvgIpc) is 3.18. The quantitative estimate of drug-likeness (QED) is 0.390. The van der Waals surface area contributed by atoms with Crippen molar-refractivity contribution in [1.82, 2.24) is 15.1 Å². The lowest BCUT2D eigenvalue weighted by molar-refractivity contribution is -0.384. The number of hydrogen-bond acceptors (Lipinski definition) is 8. The molecule has 1 aromatic carbocycles. The first-order valence-corrected chi connectivity index (χ1v) is 9.20. The third-order valence-corrected chi connectivity index (χ3v) is 4.82. The molecule has 1 aromatic heterocycles. The number of likely N-dealkylation sites (tertiary alicyclic amines) is 1. The normalized spacial score (nSPS) is 16.9. The Morgan fingerprint density at radius 3 is 2.50 bits per heavy atom. The summed E-state index contributed by atoms with van der Waals surface area (Å²) in [5, 5.41) is 18.4. The monoisotopic (exact) mass is 428 g/mol. The van der Waals surface area contributed by atoms with E-state index in [1.807, 2.05) is 0 Å². The molecule has 1 fully saturated rings. The second-order valence-corrected chi connectivity index (χ2v) is 6.97. The Morgan fingerprint density at radius 2 is 1.93 bits per heavy atom. The molecule has 0 spiro atoms. The van der Waals surface area contributed by atoms with E-state index in [4.69, 9.17) is 9.15 Å². The van der Waals surface area contributed by atoms with Crippen molar-refractivity contribution < 1.29 is 32.0 Å². The number of nitro benzene ring substituents is 1. The van der Waals surface area contributed by atoms with Gasteiger partial charge in [-0.15, -0.1) is 10.2 Å². The van der Waals surface area contributed by atoms with Crippen LogP contribution in [0.2, 0.25) is 0 Å². The third kappa shape index (κ3) is 5.32. The van der Waals surface area contributed by atoms with E-state index in [1.165, 1.54) is 31.2 Å². The summed E-state index contributed by atoms with van der Waals surface area (Å²) in [6, 6.07) is 5.50. The molecule has 0 saturated carbocycles. The van der Waals surface area contributed by atoms with Gasteiger partial charge in [0, 0.05) is 17.7 Å². The Hall–Kier alpha value is -3.02. The number of rotatable bonds is 6. The molecular weight excluding hydrogens is 409 g/mol. The third-order valence-electron chi connectivity index (χ3n) is 4.82. The lowest BCUT2D eigenvalue weighted by atomic mass is 9.96. The van der Waals surface area contributed by atoms with Gasteiger partial charge in [0.05, 0.1) is 17.4 Å². The van der Waals surface area contributed by atoms with Gasteiger partial charge in [0.25, 0.3) is 11.6 Å². The number of aromatic nitrogens is 2. The highest BCUT2D eigenvalue weighted by Gasteiger charge is 2.41. The summed E-state index contributed by atoms with van der Waals surface area (Å²) in [4.78, 5) is 23.9. The average molecular weight is 428 g/mol. The second kappa shape index (κ2) is 8.78. The van der Waals surface area contributed by atoms with Crippen molar-refractivity contribution >= 4 is 11.7 Å². The van der Waals surface area contributed by atoms with Gasteiger partial charge >= 0.3 is 12.1 Å². The maximum atomic E-state index is 12.7. The summed E-state index contributed by atoms with van der Waals surface area (Å²) in [5.74, 6) is -1.80. The predicted molar refractivity (Wildman–Crippen MR) is 96.1 cm³/mol. The number of hydrogen-bond donors (Lipinski definition) is 0. The maximum absolute atomic E-state index is 12.7. The highest BCUT2D eigenvalue weighted by Crippen LogP contribution is 2.34. The molecule has 9 nitrogen and oxygen atoms in total. The van der Waals surface area contributed by atoms with E-state index >= 15 is 0 Å². The van der Waals surface area contributed by atoms with Gasteiger partial charge in [-0.2, -0.15) is 13.2 Å². The van der Waals surface area contributed by atoms with Crippen LogP contribution in [0.3, 0.4) is 0 Å². The predicted octanol–water partition coefficient (Wildman–Crippen LogP) is 3.52. The molecule has 2 aromatic rings. The molecular formula is C18H19F3N4O5. The van der Waals surface area contributed by atoms with Crippen LogP contribution in [0.25, 0.3) is 11.5 Å². The number of non-ortho nitro benzene ring substituents is 1. The van der Waals surface area contributed by atoms with E-state index in [2.05, 4.69) is 10.2 Å². The van der Waals surface area contributed by atoms with Crippen molar-refractivity contribution in [2.45, 2.75) is 32.0 Å². The lowest BCUT2D eigenvalue weighted by Gasteiger charge is -2.32. The molecule has 162 valence electrons. The van der Waals surface area contributed by atoms with E-state index in [0.29, 0.717) is 5.56 Å². The van der Waals surface area contributed by atoms with Crippen LogP contribution < -0.4 is 0 Å². The Bertz CT molecular complexity index is 892. The van der Waals surface area contributed by atoms with Crippen LogP contribution in [0.1, 0.15) is 31.8 Å². The molecule has 1 atom stereocenters. The van der Waals surface area contributed by atoms with Crippen molar-refractivity contribution in [3.8, 4) is 11.5 Å². The summed E-state index contributed by atoms with van der Waals surface area (Å²) in [5.41, 5.74) is 0.380. The minimum Gasteiger partial charge on any atom is -0.452 e. The smallest absolute Gasteiger partial charge is 0.391 e. The lowest BCUT2D eigenvalue weighted by Crippen LogP contribution is -2.41. The Labute approximate surface area is 169 Å². The molecule has 1 aliphatic rings. The van der Waals surface area contributed by atoms with Gasteiger partial charge < -0.3 is 9.15 Å². The zero-order chi connectivity index (χ0) is 21.9. The molecule has 3 rings (SSSR count). The topological polar surface area (TPSA) is 112 Å². The van der Waals surface area contributed by atoms with E-state index < -0.39 is 29.1 Å².